The highest BCUT2D eigenvalue weighted by Crippen LogP contribution is 2.59. The molecule has 4 N–H and O–H groups in total. The highest BCUT2D eigenvalue weighted by molar-refractivity contribution is 7.86. The number of rotatable bonds is 2. The van der Waals surface area contributed by atoms with Crippen molar-refractivity contribution in [1.29, 1.82) is 0 Å². The Balaban J connectivity index is 1.95. The third-order valence-corrected chi connectivity index (χ3v) is 4.78. The number of piperidine rings is 1. The van der Waals surface area contributed by atoms with Gasteiger partial charge in [-0.3, -0.25) is 10.0 Å². The van der Waals surface area contributed by atoms with Crippen LogP contribution in [0.25, 0.3) is 0 Å². The molecule has 7 nitrogen and oxygen atoms in total. The number of nitrogens with two attached hydrogens (primary N) is 1. The largest absolute Gasteiger partial charge is 0.289 e. The Morgan fingerprint density at radius 1 is 1.44 bits per heavy atom. The first-order valence-corrected chi connectivity index (χ1v) is 6.61. The van der Waals surface area contributed by atoms with Gasteiger partial charge in [0.2, 0.25) is 5.91 Å². The number of carbonyl (C=O) groups is 1. The molecule has 1 aliphatic heterocycles. The van der Waals surface area contributed by atoms with Crippen molar-refractivity contribution in [1.82, 2.24) is 9.79 Å². The Morgan fingerprint density at radius 2 is 2.00 bits per heavy atom. The Morgan fingerprint density at radius 3 is 2.44 bits per heavy atom. The molecule has 1 amide bonds. The molecule has 1 saturated heterocycles. The number of carbonyl (C=O) groups excluding carboxylic acids is 1. The zero-order valence-corrected chi connectivity index (χ0v) is 9.53. The second-order valence-electron chi connectivity index (χ2n) is 4.54. The summed E-state index contributed by atoms with van der Waals surface area (Å²) in [6.07, 6.45) is 1.97. The fraction of sp³-hybridized carbons (Fsp3) is 0.875. The summed E-state index contributed by atoms with van der Waals surface area (Å²) in [4.78, 5) is 11.2. The van der Waals surface area contributed by atoms with E-state index in [9.17, 15) is 13.2 Å². The molecule has 1 aliphatic carbocycles. The highest BCUT2D eigenvalue weighted by Gasteiger charge is 2.59. The Labute approximate surface area is 93.7 Å². The minimum Gasteiger partial charge on any atom is -0.289 e. The van der Waals surface area contributed by atoms with Gasteiger partial charge in [-0.25, -0.2) is 10.6 Å². The van der Waals surface area contributed by atoms with Crippen molar-refractivity contribution >= 4 is 16.1 Å². The lowest BCUT2D eigenvalue weighted by Gasteiger charge is -2.30. The zero-order valence-electron chi connectivity index (χ0n) is 8.72. The molecule has 1 heterocycles. The molecule has 0 radical (unpaired) electrons. The van der Waals surface area contributed by atoms with E-state index in [1.54, 1.807) is 5.48 Å². The van der Waals surface area contributed by atoms with E-state index in [2.05, 4.69) is 0 Å². The van der Waals surface area contributed by atoms with Gasteiger partial charge in [0, 0.05) is 19.0 Å². The third kappa shape index (κ3) is 1.93. The molecule has 0 unspecified atom stereocenters. The second-order valence-corrected chi connectivity index (χ2v) is 6.09. The normalized spacial score (nSPS) is 29.0. The summed E-state index contributed by atoms with van der Waals surface area (Å²) < 4.78 is 23.4. The maximum atomic E-state index is 11.2. The van der Waals surface area contributed by atoms with Crippen LogP contribution in [0.4, 0.5) is 0 Å². The Bertz CT molecular complexity index is 400. The first kappa shape index (κ1) is 11.8. The molecule has 1 spiro atoms. The summed E-state index contributed by atoms with van der Waals surface area (Å²) in [7, 11) is -3.61. The molecule has 2 rings (SSSR count). The van der Waals surface area contributed by atoms with E-state index in [1.165, 1.54) is 4.31 Å². The molecule has 8 heteroatoms. The standard InChI is InChI=1S/C8H15N3O4S/c9-16(14,15)11-3-1-8(2-4-11)5-6(8)7(12)10-13/h6,13H,1-5H2,(H,10,12)(H2,9,14,15)/t6-/m0/s1. The summed E-state index contributed by atoms with van der Waals surface area (Å²) in [5.74, 6) is -0.552. The van der Waals surface area contributed by atoms with Crippen molar-refractivity contribution in [2.75, 3.05) is 13.1 Å². The molecule has 2 fully saturated rings. The number of nitrogens with zero attached hydrogens (tertiary/aromatic N) is 1. The van der Waals surface area contributed by atoms with Crippen molar-refractivity contribution < 1.29 is 18.4 Å². The van der Waals surface area contributed by atoms with Gasteiger partial charge in [0.05, 0.1) is 0 Å². The lowest BCUT2D eigenvalue weighted by molar-refractivity contribution is -0.131. The predicted molar refractivity (Wildman–Crippen MR) is 54.4 cm³/mol. The van der Waals surface area contributed by atoms with E-state index in [0.29, 0.717) is 25.9 Å². The molecule has 92 valence electrons. The van der Waals surface area contributed by atoms with Gasteiger partial charge in [-0.2, -0.15) is 12.7 Å². The van der Waals surface area contributed by atoms with Gasteiger partial charge >= 0.3 is 0 Å². The number of nitrogens with one attached hydrogen (secondary N) is 1. The number of hydroxylamine groups is 1. The molecule has 0 aromatic rings. The Kier molecular flexibility index (Phi) is 2.69. The molecular formula is C8H15N3O4S. The predicted octanol–water partition coefficient (Wildman–Crippen LogP) is -1.20. The van der Waals surface area contributed by atoms with Crippen LogP contribution in [-0.4, -0.2) is 36.9 Å². The van der Waals surface area contributed by atoms with Crippen LogP contribution < -0.4 is 10.6 Å². The van der Waals surface area contributed by atoms with Crippen LogP contribution >= 0.6 is 0 Å². The van der Waals surface area contributed by atoms with Crippen LogP contribution in [0.15, 0.2) is 0 Å². The van der Waals surface area contributed by atoms with Gasteiger partial charge in [0.1, 0.15) is 0 Å². The summed E-state index contributed by atoms with van der Waals surface area (Å²) in [5, 5.41) is 13.5. The van der Waals surface area contributed by atoms with Crippen LogP contribution in [0.3, 0.4) is 0 Å². The summed E-state index contributed by atoms with van der Waals surface area (Å²) >= 11 is 0. The molecule has 0 bridgehead atoms. The maximum Gasteiger partial charge on any atom is 0.276 e. The SMILES string of the molecule is NS(=O)(=O)N1CCC2(CC1)C[C@H]2C(=O)NO. The van der Waals surface area contributed by atoms with E-state index in [1.807, 2.05) is 0 Å². The number of hydrogen-bond donors (Lipinski definition) is 3. The number of amides is 1. The fourth-order valence-corrected chi connectivity index (χ4v) is 3.23. The number of hydrogen-bond acceptors (Lipinski definition) is 4. The van der Waals surface area contributed by atoms with E-state index in [0.717, 1.165) is 6.42 Å². The van der Waals surface area contributed by atoms with Gasteiger partial charge in [0.15, 0.2) is 0 Å². The Hall–Kier alpha value is -0.700. The maximum absolute atomic E-state index is 11.2. The average molecular weight is 249 g/mol. The highest BCUT2D eigenvalue weighted by atomic mass is 32.2. The lowest BCUT2D eigenvalue weighted by atomic mass is 9.92. The van der Waals surface area contributed by atoms with Gasteiger partial charge in [-0.1, -0.05) is 0 Å². The lowest BCUT2D eigenvalue weighted by Crippen LogP contribution is -2.43. The quantitative estimate of drug-likeness (QED) is 0.421. The molecule has 0 aromatic heterocycles. The first-order chi connectivity index (χ1) is 7.39. The van der Waals surface area contributed by atoms with Crippen molar-refractivity contribution in [3.63, 3.8) is 0 Å². The van der Waals surface area contributed by atoms with Gasteiger partial charge < -0.3 is 0 Å². The fourth-order valence-electron chi connectivity index (χ4n) is 2.53. The second kappa shape index (κ2) is 3.66. The molecule has 1 atom stereocenters. The van der Waals surface area contributed by atoms with Crippen LogP contribution in [0.5, 0.6) is 0 Å². The zero-order chi connectivity index (χ0) is 12.0. The van der Waals surface area contributed by atoms with Gasteiger partial charge in [-0.05, 0) is 24.7 Å². The molecule has 2 aliphatic rings. The molecule has 1 saturated carbocycles. The van der Waals surface area contributed by atoms with Crippen molar-refractivity contribution in [3.8, 4) is 0 Å². The van der Waals surface area contributed by atoms with Crippen LogP contribution in [0, 0.1) is 11.3 Å². The van der Waals surface area contributed by atoms with Crippen molar-refractivity contribution in [2.24, 2.45) is 16.5 Å². The minimum absolute atomic E-state index is 0.117. The van der Waals surface area contributed by atoms with E-state index in [-0.39, 0.29) is 17.2 Å². The average Bonchev–Trinajstić information content (AvgIpc) is 2.90. The molecule has 0 aromatic carbocycles. The minimum atomic E-state index is -3.61. The van der Waals surface area contributed by atoms with Gasteiger partial charge in [0.25, 0.3) is 10.2 Å². The van der Waals surface area contributed by atoms with Crippen LogP contribution in [-0.2, 0) is 15.0 Å². The monoisotopic (exact) mass is 249 g/mol. The molecular weight excluding hydrogens is 234 g/mol. The van der Waals surface area contributed by atoms with Crippen molar-refractivity contribution in [3.05, 3.63) is 0 Å². The van der Waals surface area contributed by atoms with E-state index in [4.69, 9.17) is 10.3 Å². The molecule has 16 heavy (non-hydrogen) atoms. The third-order valence-electron chi connectivity index (χ3n) is 3.69. The first-order valence-electron chi connectivity index (χ1n) is 5.11. The van der Waals surface area contributed by atoms with E-state index >= 15 is 0 Å². The van der Waals surface area contributed by atoms with Crippen LogP contribution in [0.2, 0.25) is 0 Å². The smallest absolute Gasteiger partial charge is 0.276 e. The summed E-state index contributed by atoms with van der Waals surface area (Å²) in [5.41, 5.74) is 1.53. The van der Waals surface area contributed by atoms with Crippen molar-refractivity contribution in [2.45, 2.75) is 19.3 Å². The topological polar surface area (TPSA) is 113 Å². The van der Waals surface area contributed by atoms with Crippen LogP contribution in [0.1, 0.15) is 19.3 Å². The van der Waals surface area contributed by atoms with Gasteiger partial charge in [-0.15, -0.1) is 0 Å². The summed E-state index contributed by atoms with van der Waals surface area (Å²) in [6.45, 7) is 0.710. The summed E-state index contributed by atoms with van der Waals surface area (Å²) in [6, 6.07) is 0. The van der Waals surface area contributed by atoms with E-state index < -0.39 is 10.2 Å².